The van der Waals surface area contributed by atoms with Gasteiger partial charge >= 0.3 is 0 Å². The zero-order valence-corrected chi connectivity index (χ0v) is 14.2. The van der Waals surface area contributed by atoms with E-state index in [2.05, 4.69) is 21.3 Å². The van der Waals surface area contributed by atoms with Gasteiger partial charge in [-0.1, -0.05) is 0 Å². The number of nitrogens with zero attached hydrogens (tertiary/aromatic N) is 5. The van der Waals surface area contributed by atoms with Crippen molar-refractivity contribution in [2.45, 2.75) is 37.6 Å². The van der Waals surface area contributed by atoms with Crippen LogP contribution in [-0.2, 0) is 29.6 Å². The van der Waals surface area contributed by atoms with Crippen LogP contribution in [0.4, 0.5) is 0 Å². The van der Waals surface area contributed by atoms with E-state index in [0.717, 1.165) is 45.6 Å². The summed E-state index contributed by atoms with van der Waals surface area (Å²) in [4.78, 5) is 2.43. The van der Waals surface area contributed by atoms with Crippen LogP contribution in [-0.4, -0.2) is 62.5 Å². The maximum Gasteiger partial charge on any atom is 0.105 e. The minimum absolute atomic E-state index is 0.184. The average Bonchev–Trinajstić information content (AvgIpc) is 3.25. The molecule has 0 amide bonds. The topological polar surface area (TPSA) is 57.3 Å². The third-order valence-electron chi connectivity index (χ3n) is 4.88. The first kappa shape index (κ1) is 15.8. The van der Waals surface area contributed by atoms with Crippen LogP contribution in [0.25, 0.3) is 0 Å². The van der Waals surface area contributed by atoms with Crippen LogP contribution in [0.1, 0.15) is 18.4 Å². The second-order valence-electron chi connectivity index (χ2n) is 6.98. The Morgan fingerprint density at radius 3 is 3.12 bits per heavy atom. The van der Waals surface area contributed by atoms with Gasteiger partial charge in [0.2, 0.25) is 0 Å². The molecule has 2 aromatic rings. The summed E-state index contributed by atoms with van der Waals surface area (Å²) in [7, 11) is 1.95. The van der Waals surface area contributed by atoms with Crippen molar-refractivity contribution in [3.63, 3.8) is 0 Å². The van der Waals surface area contributed by atoms with Crippen molar-refractivity contribution in [1.29, 1.82) is 0 Å². The predicted molar refractivity (Wildman–Crippen MR) is 88.4 cm³/mol. The van der Waals surface area contributed by atoms with Crippen molar-refractivity contribution >= 4 is 0 Å². The van der Waals surface area contributed by atoms with Crippen LogP contribution < -0.4 is 0 Å². The second kappa shape index (κ2) is 6.66. The summed E-state index contributed by atoms with van der Waals surface area (Å²) in [5.74, 6) is 0. The van der Waals surface area contributed by atoms with Crippen molar-refractivity contribution in [2.24, 2.45) is 7.05 Å². The Morgan fingerprint density at radius 2 is 2.33 bits per heavy atom. The minimum Gasteiger partial charge on any atom is -0.377 e. The Bertz CT molecular complexity index is 656. The molecule has 0 N–H and O–H groups in total. The summed E-state index contributed by atoms with van der Waals surface area (Å²) < 4.78 is 16.2. The Labute approximate surface area is 142 Å². The van der Waals surface area contributed by atoms with E-state index in [-0.39, 0.29) is 11.7 Å². The number of ether oxygens (including phenoxy) is 2. The van der Waals surface area contributed by atoms with Gasteiger partial charge in [-0.25, -0.2) is 0 Å². The molecule has 4 heterocycles. The normalized spacial score (nSPS) is 28.5. The third-order valence-corrected chi connectivity index (χ3v) is 4.88. The van der Waals surface area contributed by atoms with Crippen LogP contribution in [0.5, 0.6) is 0 Å². The number of rotatable bonds is 4. The molecule has 2 aromatic heterocycles. The monoisotopic (exact) mass is 331 g/mol. The van der Waals surface area contributed by atoms with Gasteiger partial charge in [-0.05, 0) is 18.9 Å². The minimum atomic E-state index is -0.184. The summed E-state index contributed by atoms with van der Waals surface area (Å²) in [6, 6.07) is 1.95. The van der Waals surface area contributed by atoms with Gasteiger partial charge in [0.15, 0.2) is 0 Å². The fourth-order valence-corrected chi connectivity index (χ4v) is 3.79. The van der Waals surface area contributed by atoms with E-state index in [1.807, 2.05) is 41.1 Å². The lowest BCUT2D eigenvalue weighted by Crippen LogP contribution is -2.44. The highest BCUT2D eigenvalue weighted by Crippen LogP contribution is 2.34. The zero-order chi connectivity index (χ0) is 16.4. The lowest BCUT2D eigenvalue weighted by molar-refractivity contribution is -0.0904. The molecule has 2 aliphatic heterocycles. The Hall–Kier alpha value is -1.70. The van der Waals surface area contributed by atoms with E-state index in [1.165, 1.54) is 5.56 Å². The highest BCUT2D eigenvalue weighted by atomic mass is 16.6. The molecule has 0 aliphatic carbocycles. The van der Waals surface area contributed by atoms with Crippen LogP contribution in [0.2, 0.25) is 0 Å². The first-order chi connectivity index (χ1) is 11.7. The molecule has 2 atom stereocenters. The average molecular weight is 331 g/mol. The molecular weight excluding hydrogens is 306 g/mol. The summed E-state index contributed by atoms with van der Waals surface area (Å²) in [6.07, 6.45) is 10.1. The van der Waals surface area contributed by atoms with Crippen molar-refractivity contribution in [3.8, 4) is 0 Å². The van der Waals surface area contributed by atoms with E-state index >= 15 is 0 Å². The molecule has 7 heteroatoms. The van der Waals surface area contributed by atoms with Crippen LogP contribution in [0, 0.1) is 0 Å². The van der Waals surface area contributed by atoms with Gasteiger partial charge < -0.3 is 9.47 Å². The van der Waals surface area contributed by atoms with E-state index in [1.54, 1.807) is 0 Å². The summed E-state index contributed by atoms with van der Waals surface area (Å²) >= 11 is 0. The first-order valence-corrected chi connectivity index (χ1v) is 8.64. The summed E-state index contributed by atoms with van der Waals surface area (Å²) in [5, 5.41) is 8.56. The van der Waals surface area contributed by atoms with Gasteiger partial charge in [-0.15, -0.1) is 0 Å². The van der Waals surface area contributed by atoms with E-state index in [9.17, 15) is 0 Å². The standard InChI is InChI=1S/C17H25N5O2/c1-20-10-15(9-19-20)11-21-7-8-23-14-17(13-21)4-3-16(24-17)12-22-6-2-5-18-22/h2,5-6,9-10,16H,3-4,7-8,11-14H2,1H3/t16-,17-/m1/s1. The van der Waals surface area contributed by atoms with Gasteiger partial charge in [0.05, 0.1) is 32.1 Å². The number of aryl methyl sites for hydroxylation is 1. The van der Waals surface area contributed by atoms with Crippen molar-refractivity contribution < 1.29 is 9.47 Å². The maximum atomic E-state index is 6.47. The highest BCUT2D eigenvalue weighted by molar-refractivity contribution is 5.04. The quantitative estimate of drug-likeness (QED) is 0.839. The molecular formula is C17H25N5O2. The molecule has 130 valence electrons. The Balaban J connectivity index is 1.40. The molecule has 0 bridgehead atoms. The van der Waals surface area contributed by atoms with Gasteiger partial charge in [0.1, 0.15) is 5.60 Å². The van der Waals surface area contributed by atoms with Gasteiger partial charge in [-0.3, -0.25) is 14.3 Å². The molecule has 0 unspecified atom stereocenters. The van der Waals surface area contributed by atoms with Crippen molar-refractivity contribution in [3.05, 3.63) is 36.4 Å². The predicted octanol–water partition coefficient (Wildman–Crippen LogP) is 1.07. The molecule has 24 heavy (non-hydrogen) atoms. The largest absolute Gasteiger partial charge is 0.377 e. The molecule has 0 saturated carbocycles. The fraction of sp³-hybridized carbons (Fsp3) is 0.647. The SMILES string of the molecule is Cn1cc(CN2CCOC[C@@]3(CC[C@H](Cn4cccn4)O3)C2)cn1. The van der Waals surface area contributed by atoms with Gasteiger partial charge in [-0.2, -0.15) is 10.2 Å². The van der Waals surface area contributed by atoms with Crippen molar-refractivity contribution in [1.82, 2.24) is 24.5 Å². The van der Waals surface area contributed by atoms with Crippen LogP contribution in [0.3, 0.4) is 0 Å². The Kier molecular flexibility index (Phi) is 4.39. The highest BCUT2D eigenvalue weighted by Gasteiger charge is 2.43. The smallest absolute Gasteiger partial charge is 0.105 e. The molecule has 0 aromatic carbocycles. The third kappa shape index (κ3) is 3.53. The van der Waals surface area contributed by atoms with E-state index < -0.39 is 0 Å². The maximum absolute atomic E-state index is 6.47. The number of aromatic nitrogens is 4. The zero-order valence-electron chi connectivity index (χ0n) is 14.2. The first-order valence-electron chi connectivity index (χ1n) is 8.64. The molecule has 4 rings (SSSR count). The fourth-order valence-electron chi connectivity index (χ4n) is 3.79. The molecule has 2 fully saturated rings. The van der Waals surface area contributed by atoms with Crippen LogP contribution >= 0.6 is 0 Å². The van der Waals surface area contributed by atoms with Crippen molar-refractivity contribution in [2.75, 3.05) is 26.3 Å². The van der Waals surface area contributed by atoms with Crippen LogP contribution in [0.15, 0.2) is 30.9 Å². The molecule has 2 saturated heterocycles. The molecule has 2 aliphatic rings. The summed E-state index contributed by atoms with van der Waals surface area (Å²) in [5.41, 5.74) is 1.05. The Morgan fingerprint density at radius 1 is 1.38 bits per heavy atom. The number of hydrogen-bond donors (Lipinski definition) is 0. The molecule has 1 spiro atoms. The van der Waals surface area contributed by atoms with E-state index in [0.29, 0.717) is 6.61 Å². The van der Waals surface area contributed by atoms with Gasteiger partial charge in [0.25, 0.3) is 0 Å². The number of hydrogen-bond acceptors (Lipinski definition) is 5. The van der Waals surface area contributed by atoms with E-state index in [4.69, 9.17) is 9.47 Å². The van der Waals surface area contributed by atoms with Gasteiger partial charge in [0, 0.05) is 50.8 Å². The molecule has 0 radical (unpaired) electrons. The summed E-state index contributed by atoms with van der Waals surface area (Å²) in [6.45, 7) is 5.01. The second-order valence-corrected chi connectivity index (χ2v) is 6.98. The lowest BCUT2D eigenvalue weighted by Gasteiger charge is -2.31. The lowest BCUT2D eigenvalue weighted by atomic mass is 10.00. The molecule has 7 nitrogen and oxygen atoms in total.